The number of Topliss-reactive ketones (excluding diaryl/α,β-unsaturated/α-hetero) is 1. The van der Waals surface area contributed by atoms with Crippen molar-refractivity contribution in [2.75, 3.05) is 5.32 Å². The van der Waals surface area contributed by atoms with Gasteiger partial charge in [-0.2, -0.15) is 0 Å². The fourth-order valence-corrected chi connectivity index (χ4v) is 4.07. The topological polar surface area (TPSA) is 81.9 Å². The molecule has 0 saturated heterocycles. The first-order valence-electron chi connectivity index (χ1n) is 8.82. The summed E-state index contributed by atoms with van der Waals surface area (Å²) in [5, 5.41) is 23.8. The molecule has 2 aromatic carbocycles. The van der Waals surface area contributed by atoms with E-state index in [1.54, 1.807) is 12.1 Å². The number of benzene rings is 2. The number of para-hydroxylation sites is 3. The maximum absolute atomic E-state index is 13.1. The molecule has 134 valence electrons. The van der Waals surface area contributed by atoms with Crippen molar-refractivity contribution in [2.24, 2.45) is 16.3 Å². The Morgan fingerprint density at radius 3 is 2.65 bits per heavy atom. The van der Waals surface area contributed by atoms with E-state index in [1.807, 2.05) is 24.3 Å². The summed E-state index contributed by atoms with van der Waals surface area (Å²) < 4.78 is 0. The summed E-state index contributed by atoms with van der Waals surface area (Å²) in [5.41, 5.74) is 2.80. The van der Waals surface area contributed by atoms with Crippen molar-refractivity contribution >= 4 is 22.9 Å². The second-order valence-corrected chi connectivity index (χ2v) is 7.92. The summed E-state index contributed by atoms with van der Waals surface area (Å²) in [4.78, 5) is 17.9. The maximum Gasteiger partial charge on any atom is 0.162 e. The van der Waals surface area contributed by atoms with E-state index in [1.165, 1.54) is 6.07 Å². The van der Waals surface area contributed by atoms with Crippen LogP contribution < -0.4 is 5.32 Å². The maximum atomic E-state index is 13.1. The molecule has 4 rings (SSSR count). The number of carbonyl (C=O) groups is 1. The van der Waals surface area contributed by atoms with Crippen molar-refractivity contribution in [3.63, 3.8) is 0 Å². The Labute approximate surface area is 152 Å². The van der Waals surface area contributed by atoms with Crippen LogP contribution in [0.3, 0.4) is 0 Å². The molecule has 1 aliphatic carbocycles. The third-order valence-electron chi connectivity index (χ3n) is 5.21. The summed E-state index contributed by atoms with van der Waals surface area (Å²) in [6.07, 6.45) is 1.18. The van der Waals surface area contributed by atoms with Gasteiger partial charge < -0.3 is 15.5 Å². The molecule has 0 aromatic heterocycles. The van der Waals surface area contributed by atoms with E-state index >= 15 is 0 Å². The number of aromatic hydroxyl groups is 2. The highest BCUT2D eigenvalue weighted by molar-refractivity contribution is 6.10. The van der Waals surface area contributed by atoms with Gasteiger partial charge in [-0.3, -0.25) is 9.79 Å². The third-order valence-corrected chi connectivity index (χ3v) is 5.21. The first kappa shape index (κ1) is 16.6. The van der Waals surface area contributed by atoms with Crippen molar-refractivity contribution in [3.8, 4) is 11.5 Å². The van der Waals surface area contributed by atoms with Crippen LogP contribution in [0.4, 0.5) is 11.4 Å². The molecule has 26 heavy (non-hydrogen) atoms. The number of phenols is 2. The Balaban J connectivity index is 1.90. The molecule has 0 spiro atoms. The molecule has 0 radical (unpaired) electrons. The average molecular weight is 350 g/mol. The van der Waals surface area contributed by atoms with Crippen molar-refractivity contribution in [2.45, 2.75) is 32.7 Å². The lowest BCUT2D eigenvalue weighted by Crippen LogP contribution is -2.42. The van der Waals surface area contributed by atoms with Gasteiger partial charge in [-0.05, 0) is 30.0 Å². The molecular weight excluding hydrogens is 328 g/mol. The number of nitrogens with zero attached hydrogens (tertiary/aromatic N) is 1. The van der Waals surface area contributed by atoms with Crippen LogP contribution in [0.25, 0.3) is 0 Å². The van der Waals surface area contributed by atoms with Crippen LogP contribution in [-0.4, -0.2) is 21.7 Å². The minimum Gasteiger partial charge on any atom is -0.504 e. The summed E-state index contributed by atoms with van der Waals surface area (Å²) in [6.45, 7) is 4.16. The van der Waals surface area contributed by atoms with Crippen LogP contribution >= 0.6 is 0 Å². The zero-order valence-corrected chi connectivity index (χ0v) is 14.9. The smallest absolute Gasteiger partial charge is 0.162 e. The van der Waals surface area contributed by atoms with E-state index in [0.29, 0.717) is 12.0 Å². The monoisotopic (exact) mass is 350 g/mol. The molecule has 5 heteroatoms. The van der Waals surface area contributed by atoms with Crippen LogP contribution in [0, 0.1) is 11.3 Å². The highest BCUT2D eigenvalue weighted by Crippen LogP contribution is 2.47. The number of carbonyl (C=O) groups excluding carboxylic acids is 1. The molecule has 0 bridgehead atoms. The first-order chi connectivity index (χ1) is 12.4. The van der Waals surface area contributed by atoms with E-state index in [4.69, 9.17) is 4.99 Å². The second-order valence-electron chi connectivity index (χ2n) is 7.92. The highest BCUT2D eigenvalue weighted by atomic mass is 16.3. The molecule has 1 fully saturated rings. The van der Waals surface area contributed by atoms with Gasteiger partial charge in [0.2, 0.25) is 0 Å². The van der Waals surface area contributed by atoms with Gasteiger partial charge in [0.25, 0.3) is 0 Å². The van der Waals surface area contributed by atoms with Gasteiger partial charge in [0, 0.05) is 17.7 Å². The van der Waals surface area contributed by atoms with Crippen molar-refractivity contribution < 1.29 is 15.0 Å². The number of nitrogens with one attached hydrogen (secondary N) is 1. The summed E-state index contributed by atoms with van der Waals surface area (Å²) in [7, 11) is 0. The van der Waals surface area contributed by atoms with Crippen molar-refractivity contribution in [1.29, 1.82) is 0 Å². The molecule has 0 amide bonds. The normalized spacial score (nSPS) is 23.9. The van der Waals surface area contributed by atoms with E-state index in [9.17, 15) is 15.0 Å². The van der Waals surface area contributed by atoms with Gasteiger partial charge in [-0.1, -0.05) is 38.1 Å². The summed E-state index contributed by atoms with van der Waals surface area (Å²) in [5.74, 6) is -0.749. The molecule has 5 nitrogen and oxygen atoms in total. The number of fused-ring (bicyclic) bond motifs is 2. The summed E-state index contributed by atoms with van der Waals surface area (Å²) in [6, 6.07) is 12.0. The van der Waals surface area contributed by atoms with E-state index in [-0.39, 0.29) is 22.7 Å². The number of hydrogen-bond acceptors (Lipinski definition) is 5. The van der Waals surface area contributed by atoms with E-state index in [2.05, 4.69) is 19.2 Å². The zero-order valence-electron chi connectivity index (χ0n) is 14.9. The van der Waals surface area contributed by atoms with E-state index < -0.39 is 12.0 Å². The lowest BCUT2D eigenvalue weighted by molar-refractivity contribution is -0.124. The highest BCUT2D eigenvalue weighted by Gasteiger charge is 2.44. The van der Waals surface area contributed by atoms with Gasteiger partial charge in [-0.15, -0.1) is 0 Å². The number of hydrogen-bond donors (Lipinski definition) is 3. The van der Waals surface area contributed by atoms with Crippen molar-refractivity contribution in [1.82, 2.24) is 0 Å². The molecule has 2 aromatic rings. The standard InChI is InChI=1S/C21H22N2O3/c1-21(2)10-15-18(17(25)11-21)19(12-6-5-9-16(24)20(12)26)23-14-8-4-3-7-13(14)22-15/h3-9,18-19,23-24,26H,10-11H2,1-2H3/t18?,19-/m1/s1. The van der Waals surface area contributed by atoms with Crippen LogP contribution in [0.15, 0.2) is 47.5 Å². The number of phenolic OH excluding ortho intramolecular Hbond substituents is 2. The SMILES string of the molecule is CC1(C)CC(=O)C2C(=Nc3ccccc3N[C@@H]2c2cccc(O)c2O)C1. The Morgan fingerprint density at radius 2 is 1.85 bits per heavy atom. The Kier molecular flexibility index (Phi) is 3.75. The predicted molar refractivity (Wildman–Crippen MR) is 101 cm³/mol. The average Bonchev–Trinajstić information content (AvgIpc) is 2.72. The van der Waals surface area contributed by atoms with Gasteiger partial charge >= 0.3 is 0 Å². The predicted octanol–water partition coefficient (Wildman–Crippen LogP) is 4.34. The van der Waals surface area contributed by atoms with Gasteiger partial charge in [0.1, 0.15) is 5.78 Å². The fraction of sp³-hybridized carbons (Fsp3) is 0.333. The van der Waals surface area contributed by atoms with Gasteiger partial charge in [-0.25, -0.2) is 0 Å². The Hall–Kier alpha value is -2.82. The largest absolute Gasteiger partial charge is 0.504 e. The van der Waals surface area contributed by atoms with Crippen LogP contribution in [0.5, 0.6) is 11.5 Å². The Morgan fingerprint density at radius 1 is 1.08 bits per heavy atom. The fourth-order valence-electron chi connectivity index (χ4n) is 4.07. The molecule has 3 N–H and O–H groups in total. The minimum absolute atomic E-state index is 0.105. The second kappa shape index (κ2) is 5.87. The first-order valence-corrected chi connectivity index (χ1v) is 8.82. The minimum atomic E-state index is -0.479. The molecular formula is C21H22N2O3. The van der Waals surface area contributed by atoms with Gasteiger partial charge in [0.05, 0.1) is 23.3 Å². The Bertz CT molecular complexity index is 917. The molecule has 2 aliphatic rings. The quantitative estimate of drug-likeness (QED) is 0.668. The number of ketones is 1. The molecule has 1 saturated carbocycles. The lowest BCUT2D eigenvalue weighted by atomic mass is 9.68. The number of aliphatic imine (C=N–C) groups is 1. The van der Waals surface area contributed by atoms with Crippen molar-refractivity contribution in [3.05, 3.63) is 48.0 Å². The lowest BCUT2D eigenvalue weighted by Gasteiger charge is -2.37. The van der Waals surface area contributed by atoms with E-state index in [0.717, 1.165) is 23.5 Å². The molecule has 1 unspecified atom stereocenters. The van der Waals surface area contributed by atoms with Crippen LogP contribution in [0.1, 0.15) is 38.3 Å². The molecule has 1 aliphatic heterocycles. The molecule has 2 atom stereocenters. The third kappa shape index (κ3) is 2.73. The number of anilines is 1. The summed E-state index contributed by atoms with van der Waals surface area (Å²) >= 11 is 0. The molecule has 1 heterocycles. The van der Waals surface area contributed by atoms with Crippen LogP contribution in [-0.2, 0) is 4.79 Å². The van der Waals surface area contributed by atoms with Crippen LogP contribution in [0.2, 0.25) is 0 Å². The van der Waals surface area contributed by atoms with Gasteiger partial charge in [0.15, 0.2) is 11.5 Å². The number of rotatable bonds is 1. The zero-order chi connectivity index (χ0) is 18.5.